The summed E-state index contributed by atoms with van der Waals surface area (Å²) in [5.41, 5.74) is 4.08. The van der Waals surface area contributed by atoms with Gasteiger partial charge in [-0.15, -0.1) is 0 Å². The van der Waals surface area contributed by atoms with Gasteiger partial charge >= 0.3 is 0 Å². The summed E-state index contributed by atoms with van der Waals surface area (Å²) in [7, 11) is 2.05. The van der Waals surface area contributed by atoms with Crippen LogP contribution in [-0.2, 0) is 18.3 Å². The Hall–Kier alpha value is -2.83. The van der Waals surface area contributed by atoms with E-state index in [4.69, 9.17) is 9.51 Å². The zero-order chi connectivity index (χ0) is 19.0. The molecule has 4 rings (SSSR count). The summed E-state index contributed by atoms with van der Waals surface area (Å²) in [5.74, 6) is 1.98. The second kappa shape index (κ2) is 7.06. The van der Waals surface area contributed by atoms with Crippen LogP contribution in [0.5, 0.6) is 0 Å². The molecule has 0 saturated carbocycles. The Balaban J connectivity index is 1.37. The number of benzene rings is 1. The lowest BCUT2D eigenvalue weighted by molar-refractivity contribution is -0.131. The second-order valence-corrected chi connectivity index (χ2v) is 7.13. The molecule has 27 heavy (non-hydrogen) atoms. The van der Waals surface area contributed by atoms with Gasteiger partial charge < -0.3 is 18.9 Å². The molecule has 0 unspecified atom stereocenters. The van der Waals surface area contributed by atoms with Crippen molar-refractivity contribution in [1.82, 2.24) is 19.6 Å². The van der Waals surface area contributed by atoms with Crippen LogP contribution in [0.3, 0.4) is 0 Å². The summed E-state index contributed by atoms with van der Waals surface area (Å²) >= 11 is 0. The molecule has 2 aromatic heterocycles. The lowest BCUT2D eigenvalue weighted by Gasteiger charge is -2.35. The van der Waals surface area contributed by atoms with E-state index in [1.807, 2.05) is 44.0 Å². The quantitative estimate of drug-likeness (QED) is 0.709. The summed E-state index contributed by atoms with van der Waals surface area (Å²) in [4.78, 5) is 21.6. The molecule has 0 N–H and O–H groups in total. The standard InChI is InChI=1S/C20H25N5O2/c1-14-16(15(2)27-22-14)8-9-19(26)24-10-12-25(13-11-24)20-21-17-6-4-5-7-18(17)23(20)3/h4-7H,8-13H2,1-3H3. The van der Waals surface area contributed by atoms with Crippen molar-refractivity contribution in [3.05, 3.63) is 41.3 Å². The number of carbonyl (C=O) groups excluding carboxylic acids is 1. The average Bonchev–Trinajstić information content (AvgIpc) is 3.19. The fraction of sp³-hybridized carbons (Fsp3) is 0.450. The number of anilines is 1. The molecule has 7 heteroatoms. The minimum absolute atomic E-state index is 0.194. The fourth-order valence-electron chi connectivity index (χ4n) is 3.82. The molecule has 0 spiro atoms. The zero-order valence-corrected chi connectivity index (χ0v) is 16.1. The molecule has 7 nitrogen and oxygen atoms in total. The highest BCUT2D eigenvalue weighted by atomic mass is 16.5. The lowest BCUT2D eigenvalue weighted by atomic mass is 10.1. The maximum atomic E-state index is 12.6. The molecule has 0 bridgehead atoms. The topological polar surface area (TPSA) is 67.4 Å². The monoisotopic (exact) mass is 367 g/mol. The molecule has 1 amide bonds. The van der Waals surface area contributed by atoms with Crippen LogP contribution in [0, 0.1) is 13.8 Å². The number of hydrogen-bond acceptors (Lipinski definition) is 5. The Labute approximate surface area is 158 Å². The molecular weight excluding hydrogens is 342 g/mol. The van der Waals surface area contributed by atoms with Gasteiger partial charge in [0.25, 0.3) is 0 Å². The van der Waals surface area contributed by atoms with E-state index in [1.54, 1.807) is 0 Å². The number of fused-ring (bicyclic) bond motifs is 1. The third-order valence-corrected chi connectivity index (χ3v) is 5.45. The molecule has 1 aliphatic rings. The first-order chi connectivity index (χ1) is 13.0. The van der Waals surface area contributed by atoms with Crippen LogP contribution in [0.1, 0.15) is 23.4 Å². The number of amides is 1. The van der Waals surface area contributed by atoms with E-state index in [2.05, 4.69) is 20.7 Å². The minimum atomic E-state index is 0.194. The number of imidazole rings is 1. The molecule has 1 aliphatic heterocycles. The van der Waals surface area contributed by atoms with Crippen LogP contribution in [0.4, 0.5) is 5.95 Å². The van der Waals surface area contributed by atoms with Gasteiger partial charge in [0.1, 0.15) is 5.76 Å². The first kappa shape index (κ1) is 17.6. The normalized spacial score (nSPS) is 14.9. The highest BCUT2D eigenvalue weighted by Gasteiger charge is 2.24. The zero-order valence-electron chi connectivity index (χ0n) is 16.1. The van der Waals surface area contributed by atoms with Gasteiger partial charge in [-0.1, -0.05) is 17.3 Å². The molecule has 0 radical (unpaired) electrons. The van der Waals surface area contributed by atoms with Crippen molar-refractivity contribution in [3.63, 3.8) is 0 Å². The summed E-state index contributed by atoms with van der Waals surface area (Å²) in [6.07, 6.45) is 1.18. The Bertz CT molecular complexity index is 947. The van der Waals surface area contributed by atoms with Crippen molar-refractivity contribution in [3.8, 4) is 0 Å². The molecule has 142 valence electrons. The van der Waals surface area contributed by atoms with Gasteiger partial charge in [0, 0.05) is 45.2 Å². The van der Waals surface area contributed by atoms with Crippen molar-refractivity contribution in [2.75, 3.05) is 31.1 Å². The fourth-order valence-corrected chi connectivity index (χ4v) is 3.82. The van der Waals surface area contributed by atoms with Gasteiger partial charge in [0.2, 0.25) is 11.9 Å². The number of para-hydroxylation sites is 2. The first-order valence-corrected chi connectivity index (χ1v) is 9.40. The maximum Gasteiger partial charge on any atom is 0.223 e. The Morgan fingerprint density at radius 3 is 2.56 bits per heavy atom. The SMILES string of the molecule is Cc1noc(C)c1CCC(=O)N1CCN(c2nc3ccccc3n2C)CC1. The number of rotatable bonds is 4. The van der Waals surface area contributed by atoms with Crippen LogP contribution in [0.15, 0.2) is 28.8 Å². The highest BCUT2D eigenvalue weighted by molar-refractivity contribution is 5.79. The predicted molar refractivity (Wildman–Crippen MR) is 104 cm³/mol. The Kier molecular flexibility index (Phi) is 4.59. The maximum absolute atomic E-state index is 12.6. The van der Waals surface area contributed by atoms with E-state index < -0.39 is 0 Å². The number of piperazine rings is 1. The summed E-state index contributed by atoms with van der Waals surface area (Å²) in [6, 6.07) is 8.16. The third-order valence-electron chi connectivity index (χ3n) is 5.45. The van der Waals surface area contributed by atoms with Crippen molar-refractivity contribution in [2.45, 2.75) is 26.7 Å². The minimum Gasteiger partial charge on any atom is -0.361 e. The highest BCUT2D eigenvalue weighted by Crippen LogP contribution is 2.22. The van der Waals surface area contributed by atoms with Gasteiger partial charge in [-0.25, -0.2) is 4.98 Å². The van der Waals surface area contributed by atoms with Gasteiger partial charge in [-0.2, -0.15) is 0 Å². The molecule has 0 aliphatic carbocycles. The third kappa shape index (κ3) is 3.29. The molecule has 3 heterocycles. The number of aryl methyl sites for hydroxylation is 3. The smallest absolute Gasteiger partial charge is 0.223 e. The van der Waals surface area contributed by atoms with Crippen molar-refractivity contribution < 1.29 is 9.32 Å². The largest absolute Gasteiger partial charge is 0.361 e. The van der Waals surface area contributed by atoms with Crippen molar-refractivity contribution in [1.29, 1.82) is 0 Å². The Morgan fingerprint density at radius 2 is 1.89 bits per heavy atom. The number of hydrogen-bond donors (Lipinski definition) is 0. The van der Waals surface area contributed by atoms with Crippen LogP contribution in [0.2, 0.25) is 0 Å². The van der Waals surface area contributed by atoms with Crippen LogP contribution >= 0.6 is 0 Å². The van der Waals surface area contributed by atoms with Crippen LogP contribution in [0.25, 0.3) is 11.0 Å². The number of nitrogens with zero attached hydrogens (tertiary/aromatic N) is 5. The van der Waals surface area contributed by atoms with Gasteiger partial charge in [-0.3, -0.25) is 4.79 Å². The molecule has 1 aromatic carbocycles. The summed E-state index contributed by atoms with van der Waals surface area (Å²) in [6.45, 7) is 6.87. The Morgan fingerprint density at radius 1 is 1.15 bits per heavy atom. The van der Waals surface area contributed by atoms with Crippen molar-refractivity contribution >= 4 is 22.9 Å². The van der Waals surface area contributed by atoms with Crippen LogP contribution < -0.4 is 4.90 Å². The van der Waals surface area contributed by atoms with E-state index in [-0.39, 0.29) is 5.91 Å². The van der Waals surface area contributed by atoms with Gasteiger partial charge in [-0.05, 0) is 32.4 Å². The van der Waals surface area contributed by atoms with E-state index in [1.165, 1.54) is 0 Å². The van der Waals surface area contributed by atoms with E-state index in [9.17, 15) is 4.79 Å². The molecule has 3 aromatic rings. The first-order valence-electron chi connectivity index (χ1n) is 9.40. The van der Waals surface area contributed by atoms with E-state index in [0.29, 0.717) is 12.8 Å². The molecule has 0 atom stereocenters. The second-order valence-electron chi connectivity index (χ2n) is 7.13. The van der Waals surface area contributed by atoms with Gasteiger partial charge in [0.15, 0.2) is 0 Å². The lowest BCUT2D eigenvalue weighted by Crippen LogP contribution is -2.49. The van der Waals surface area contributed by atoms with E-state index >= 15 is 0 Å². The molecular formula is C20H25N5O2. The summed E-state index contributed by atoms with van der Waals surface area (Å²) in [5, 5.41) is 3.96. The molecule has 1 saturated heterocycles. The van der Waals surface area contributed by atoms with E-state index in [0.717, 1.165) is 60.2 Å². The predicted octanol–water partition coefficient (Wildman–Crippen LogP) is 2.46. The average molecular weight is 367 g/mol. The number of aromatic nitrogens is 3. The van der Waals surface area contributed by atoms with Crippen LogP contribution in [-0.4, -0.2) is 51.7 Å². The molecule has 1 fully saturated rings. The van der Waals surface area contributed by atoms with Crippen molar-refractivity contribution in [2.24, 2.45) is 7.05 Å². The van der Waals surface area contributed by atoms with Gasteiger partial charge in [0.05, 0.1) is 16.7 Å². The number of carbonyl (C=O) groups is 1. The summed E-state index contributed by atoms with van der Waals surface area (Å²) < 4.78 is 7.31.